The van der Waals surface area contributed by atoms with Gasteiger partial charge in [0.1, 0.15) is 0 Å². The molecule has 0 aliphatic carbocycles. The zero-order valence-corrected chi connectivity index (χ0v) is 16.1. The Morgan fingerprint density at radius 3 is 1.67 bits per heavy atom. The first-order valence-electron chi connectivity index (χ1n) is 9.63. The van der Waals surface area contributed by atoms with Gasteiger partial charge in [0.15, 0.2) is 0 Å². The average Bonchev–Trinajstić information content (AvgIpc) is 2.73. The Morgan fingerprint density at radius 2 is 1.19 bits per heavy atom. The zero-order valence-electron chi connectivity index (χ0n) is 16.1. The summed E-state index contributed by atoms with van der Waals surface area (Å²) in [5.74, 6) is 0.402. The van der Waals surface area contributed by atoms with E-state index in [0.717, 1.165) is 40.0 Å². The van der Waals surface area contributed by atoms with Crippen molar-refractivity contribution < 1.29 is 0 Å². The van der Waals surface area contributed by atoms with E-state index in [1.54, 1.807) is 0 Å². The standard InChI is InChI=1S/C25H24N2/c1-4-18-15-16-21(17(2)3)25-22(18)26-23(19-11-7-5-8-12-19)24(27-25)20-13-9-6-10-14-20/h5-17H,4H2,1-3H3. The summed E-state index contributed by atoms with van der Waals surface area (Å²) in [4.78, 5) is 10.4. The number of rotatable bonds is 4. The lowest BCUT2D eigenvalue weighted by Crippen LogP contribution is -2.02. The smallest absolute Gasteiger partial charge is 0.0973 e. The van der Waals surface area contributed by atoms with Gasteiger partial charge in [0.25, 0.3) is 0 Å². The van der Waals surface area contributed by atoms with Gasteiger partial charge in [-0.25, -0.2) is 9.97 Å². The van der Waals surface area contributed by atoms with Crippen LogP contribution < -0.4 is 0 Å². The lowest BCUT2D eigenvalue weighted by molar-refractivity contribution is 0.871. The molecule has 0 spiro atoms. The van der Waals surface area contributed by atoms with Gasteiger partial charge in [0, 0.05) is 11.1 Å². The summed E-state index contributed by atoms with van der Waals surface area (Å²) in [6, 6.07) is 25.2. The molecule has 0 aliphatic heterocycles. The minimum Gasteiger partial charge on any atom is -0.244 e. The summed E-state index contributed by atoms with van der Waals surface area (Å²) in [7, 11) is 0. The Labute approximate surface area is 160 Å². The molecule has 4 rings (SSSR count). The number of benzene rings is 3. The van der Waals surface area contributed by atoms with Gasteiger partial charge >= 0.3 is 0 Å². The van der Waals surface area contributed by atoms with E-state index in [-0.39, 0.29) is 0 Å². The molecule has 0 bridgehead atoms. The first-order chi connectivity index (χ1) is 13.2. The predicted octanol–water partition coefficient (Wildman–Crippen LogP) is 6.65. The Kier molecular flexibility index (Phi) is 4.72. The number of hydrogen-bond donors (Lipinski definition) is 0. The molecule has 1 heterocycles. The third-order valence-corrected chi connectivity index (χ3v) is 5.03. The maximum absolute atomic E-state index is 5.19. The second kappa shape index (κ2) is 7.32. The van der Waals surface area contributed by atoms with Crippen molar-refractivity contribution in [3.05, 3.63) is 83.9 Å². The second-order valence-electron chi connectivity index (χ2n) is 7.17. The van der Waals surface area contributed by atoms with E-state index in [1.807, 2.05) is 12.1 Å². The molecule has 2 heteroatoms. The van der Waals surface area contributed by atoms with Crippen LogP contribution in [0.25, 0.3) is 33.5 Å². The van der Waals surface area contributed by atoms with Crippen molar-refractivity contribution in [1.29, 1.82) is 0 Å². The van der Waals surface area contributed by atoms with Crippen LogP contribution in [0, 0.1) is 0 Å². The van der Waals surface area contributed by atoms with Gasteiger partial charge in [-0.3, -0.25) is 0 Å². The lowest BCUT2D eigenvalue weighted by atomic mass is 9.96. The van der Waals surface area contributed by atoms with E-state index < -0.39 is 0 Å². The van der Waals surface area contributed by atoms with Gasteiger partial charge in [-0.1, -0.05) is 93.6 Å². The highest BCUT2D eigenvalue weighted by Gasteiger charge is 2.17. The fourth-order valence-corrected chi connectivity index (χ4v) is 3.55. The highest BCUT2D eigenvalue weighted by molar-refractivity contribution is 5.89. The highest BCUT2D eigenvalue weighted by atomic mass is 14.8. The van der Waals surface area contributed by atoms with E-state index in [4.69, 9.17) is 9.97 Å². The molecule has 0 unspecified atom stereocenters. The van der Waals surface area contributed by atoms with Crippen LogP contribution in [0.3, 0.4) is 0 Å². The molecule has 0 fully saturated rings. The zero-order chi connectivity index (χ0) is 18.8. The Morgan fingerprint density at radius 1 is 0.667 bits per heavy atom. The van der Waals surface area contributed by atoms with Crippen LogP contribution >= 0.6 is 0 Å². The molecule has 0 N–H and O–H groups in total. The van der Waals surface area contributed by atoms with Crippen molar-refractivity contribution in [2.45, 2.75) is 33.1 Å². The van der Waals surface area contributed by atoms with Crippen LogP contribution in [0.15, 0.2) is 72.8 Å². The molecule has 0 radical (unpaired) electrons. The number of nitrogens with zero attached hydrogens (tertiary/aromatic N) is 2. The maximum Gasteiger partial charge on any atom is 0.0973 e. The topological polar surface area (TPSA) is 25.8 Å². The van der Waals surface area contributed by atoms with Crippen LogP contribution in [0.2, 0.25) is 0 Å². The molecule has 1 aromatic heterocycles. The molecule has 0 amide bonds. The lowest BCUT2D eigenvalue weighted by Gasteiger charge is -2.16. The summed E-state index contributed by atoms with van der Waals surface area (Å²) in [6.45, 7) is 6.61. The molecule has 4 aromatic rings. The summed E-state index contributed by atoms with van der Waals surface area (Å²) in [6.07, 6.45) is 0.947. The monoisotopic (exact) mass is 352 g/mol. The summed E-state index contributed by atoms with van der Waals surface area (Å²) in [5, 5.41) is 0. The molecule has 3 aromatic carbocycles. The summed E-state index contributed by atoms with van der Waals surface area (Å²) in [5.41, 5.74) is 8.66. The third-order valence-electron chi connectivity index (χ3n) is 5.03. The Balaban J connectivity index is 2.11. The van der Waals surface area contributed by atoms with Crippen molar-refractivity contribution in [2.75, 3.05) is 0 Å². The van der Waals surface area contributed by atoms with Gasteiger partial charge in [0.2, 0.25) is 0 Å². The summed E-state index contributed by atoms with van der Waals surface area (Å²) < 4.78 is 0. The molecular weight excluding hydrogens is 328 g/mol. The minimum absolute atomic E-state index is 0.402. The highest BCUT2D eigenvalue weighted by Crippen LogP contribution is 2.34. The van der Waals surface area contributed by atoms with Crippen LogP contribution in [-0.2, 0) is 6.42 Å². The molecule has 2 nitrogen and oxygen atoms in total. The van der Waals surface area contributed by atoms with E-state index in [9.17, 15) is 0 Å². The quantitative estimate of drug-likeness (QED) is 0.411. The van der Waals surface area contributed by atoms with E-state index in [2.05, 4.69) is 81.4 Å². The Hall–Kier alpha value is -3.00. The fraction of sp³-hybridized carbons (Fsp3) is 0.200. The molecule has 0 saturated heterocycles. The average molecular weight is 352 g/mol. The number of fused-ring (bicyclic) bond motifs is 1. The molecule has 0 atom stereocenters. The van der Waals surface area contributed by atoms with Gasteiger partial charge in [-0.05, 0) is 23.5 Å². The molecule has 134 valence electrons. The Bertz CT molecular complexity index is 1070. The van der Waals surface area contributed by atoms with Gasteiger partial charge < -0.3 is 0 Å². The second-order valence-corrected chi connectivity index (χ2v) is 7.17. The van der Waals surface area contributed by atoms with Crippen molar-refractivity contribution in [3.8, 4) is 22.5 Å². The van der Waals surface area contributed by atoms with Crippen LogP contribution in [0.5, 0.6) is 0 Å². The summed E-state index contributed by atoms with van der Waals surface area (Å²) >= 11 is 0. The van der Waals surface area contributed by atoms with Gasteiger partial charge in [-0.15, -0.1) is 0 Å². The number of aryl methyl sites for hydroxylation is 1. The van der Waals surface area contributed by atoms with Gasteiger partial charge in [-0.2, -0.15) is 0 Å². The first-order valence-corrected chi connectivity index (χ1v) is 9.63. The minimum atomic E-state index is 0.402. The fourth-order valence-electron chi connectivity index (χ4n) is 3.55. The molecular formula is C25H24N2. The normalized spacial score (nSPS) is 11.3. The van der Waals surface area contributed by atoms with Crippen LogP contribution in [0.4, 0.5) is 0 Å². The number of aromatic nitrogens is 2. The molecule has 0 aliphatic rings. The van der Waals surface area contributed by atoms with Crippen LogP contribution in [0.1, 0.15) is 37.8 Å². The van der Waals surface area contributed by atoms with Crippen molar-refractivity contribution in [2.24, 2.45) is 0 Å². The van der Waals surface area contributed by atoms with Crippen molar-refractivity contribution >= 4 is 11.0 Å². The molecule has 27 heavy (non-hydrogen) atoms. The maximum atomic E-state index is 5.19. The first kappa shape index (κ1) is 17.4. The van der Waals surface area contributed by atoms with E-state index in [1.165, 1.54) is 11.1 Å². The third kappa shape index (κ3) is 3.23. The number of hydrogen-bond acceptors (Lipinski definition) is 2. The van der Waals surface area contributed by atoms with Gasteiger partial charge in [0.05, 0.1) is 22.4 Å². The van der Waals surface area contributed by atoms with E-state index in [0.29, 0.717) is 5.92 Å². The SMILES string of the molecule is CCc1ccc(C(C)C)c2nc(-c3ccccc3)c(-c3ccccc3)nc12. The predicted molar refractivity (Wildman–Crippen MR) is 114 cm³/mol. The van der Waals surface area contributed by atoms with Crippen molar-refractivity contribution in [1.82, 2.24) is 9.97 Å². The van der Waals surface area contributed by atoms with E-state index >= 15 is 0 Å². The largest absolute Gasteiger partial charge is 0.244 e. The van der Waals surface area contributed by atoms with Crippen molar-refractivity contribution in [3.63, 3.8) is 0 Å². The van der Waals surface area contributed by atoms with Crippen LogP contribution in [-0.4, -0.2) is 9.97 Å². The molecule has 0 saturated carbocycles.